The van der Waals surface area contributed by atoms with E-state index < -0.39 is 5.92 Å². The zero-order valence-electron chi connectivity index (χ0n) is 15.1. The van der Waals surface area contributed by atoms with E-state index in [9.17, 15) is 5.26 Å². The number of halogens is 1. The van der Waals surface area contributed by atoms with E-state index in [4.69, 9.17) is 19.9 Å². The van der Waals surface area contributed by atoms with E-state index in [0.29, 0.717) is 38.3 Å². The van der Waals surface area contributed by atoms with Gasteiger partial charge in [-0.05, 0) is 39.7 Å². The Balaban J connectivity index is 2.00. The van der Waals surface area contributed by atoms with E-state index in [2.05, 4.69) is 32.0 Å². The molecule has 7 nitrogen and oxygen atoms in total. The highest BCUT2D eigenvalue weighted by Gasteiger charge is 2.33. The lowest BCUT2D eigenvalue weighted by Crippen LogP contribution is -2.21. The van der Waals surface area contributed by atoms with Crippen molar-refractivity contribution in [2.45, 2.75) is 5.92 Å². The maximum absolute atomic E-state index is 9.77. The Morgan fingerprint density at radius 3 is 2.68 bits per heavy atom. The van der Waals surface area contributed by atoms with Gasteiger partial charge < -0.3 is 19.9 Å². The Morgan fingerprint density at radius 2 is 1.96 bits per heavy atom. The van der Waals surface area contributed by atoms with Crippen molar-refractivity contribution in [2.75, 3.05) is 14.2 Å². The number of allylic oxidation sites excluding steroid dienone is 1. The quantitative estimate of drug-likeness (QED) is 0.665. The molecule has 0 aliphatic carbocycles. The molecule has 0 fully saturated rings. The summed E-state index contributed by atoms with van der Waals surface area (Å²) in [5.74, 6) is 1.20. The average molecular weight is 439 g/mol. The van der Waals surface area contributed by atoms with Gasteiger partial charge in [0.2, 0.25) is 5.88 Å². The Kier molecular flexibility index (Phi) is 4.53. The van der Waals surface area contributed by atoms with E-state index in [-0.39, 0.29) is 5.88 Å². The van der Waals surface area contributed by atoms with Crippen molar-refractivity contribution in [3.05, 3.63) is 63.7 Å². The summed E-state index contributed by atoms with van der Waals surface area (Å²) in [4.78, 5) is 8.69. The number of hydrogen-bond acceptors (Lipinski definition) is 7. The normalized spacial score (nSPS) is 15.6. The van der Waals surface area contributed by atoms with Crippen molar-refractivity contribution in [3.8, 4) is 23.3 Å². The number of ether oxygens (including phenoxy) is 3. The molecule has 2 N–H and O–H groups in total. The number of nitrogens with two attached hydrogens (primary N) is 1. The van der Waals surface area contributed by atoms with Gasteiger partial charge in [-0.15, -0.1) is 0 Å². The van der Waals surface area contributed by atoms with Gasteiger partial charge in [0, 0.05) is 18.0 Å². The highest BCUT2D eigenvalue weighted by molar-refractivity contribution is 9.10. The van der Waals surface area contributed by atoms with Crippen molar-refractivity contribution in [2.24, 2.45) is 5.73 Å². The molecule has 1 aliphatic heterocycles. The van der Waals surface area contributed by atoms with Crippen LogP contribution in [0.15, 0.2) is 52.6 Å². The van der Waals surface area contributed by atoms with Crippen molar-refractivity contribution in [1.82, 2.24) is 9.97 Å². The summed E-state index contributed by atoms with van der Waals surface area (Å²) in [5, 5.41) is 9.77. The fraction of sp³-hybridized carbons (Fsp3) is 0.150. The number of aromatic nitrogens is 2. The highest BCUT2D eigenvalue weighted by Crippen LogP contribution is 2.47. The van der Waals surface area contributed by atoms with Crippen molar-refractivity contribution in [3.63, 3.8) is 0 Å². The lowest BCUT2D eigenvalue weighted by atomic mass is 9.83. The molecule has 1 atom stereocenters. The maximum atomic E-state index is 9.77. The van der Waals surface area contributed by atoms with Gasteiger partial charge in [-0.3, -0.25) is 4.98 Å². The molecule has 4 rings (SSSR count). The third-order valence-corrected chi connectivity index (χ3v) is 5.20. The number of fused-ring (bicyclic) bond motifs is 3. The van der Waals surface area contributed by atoms with Gasteiger partial charge >= 0.3 is 0 Å². The predicted octanol–water partition coefficient (Wildman–Crippen LogP) is 3.63. The van der Waals surface area contributed by atoms with E-state index in [1.165, 1.54) is 0 Å². The molecule has 140 valence electrons. The number of methoxy groups -OCH3 is 2. The third-order valence-electron chi connectivity index (χ3n) is 4.61. The number of hydrogen-bond donors (Lipinski definition) is 1. The molecule has 0 bridgehead atoms. The molecule has 0 radical (unpaired) electrons. The summed E-state index contributed by atoms with van der Waals surface area (Å²) in [7, 11) is 3.12. The third kappa shape index (κ3) is 2.72. The number of benzene rings is 2. The van der Waals surface area contributed by atoms with Gasteiger partial charge in [0.05, 0.1) is 30.1 Å². The summed E-state index contributed by atoms with van der Waals surface area (Å²) in [6, 6.07) is 9.62. The lowest BCUT2D eigenvalue weighted by Gasteiger charge is -2.27. The second-order valence-corrected chi connectivity index (χ2v) is 6.93. The van der Waals surface area contributed by atoms with E-state index in [0.717, 1.165) is 11.1 Å². The first-order chi connectivity index (χ1) is 13.6. The fourth-order valence-corrected chi connectivity index (χ4v) is 4.02. The van der Waals surface area contributed by atoms with Crippen LogP contribution in [0.3, 0.4) is 0 Å². The largest absolute Gasteiger partial charge is 0.493 e. The minimum Gasteiger partial charge on any atom is -0.493 e. The van der Waals surface area contributed by atoms with Crippen LogP contribution in [-0.2, 0) is 0 Å². The van der Waals surface area contributed by atoms with Crippen LogP contribution in [-0.4, -0.2) is 24.2 Å². The number of nitriles is 1. The Hall–Kier alpha value is -3.31. The summed E-state index contributed by atoms with van der Waals surface area (Å²) >= 11 is 3.51. The van der Waals surface area contributed by atoms with Crippen molar-refractivity contribution in [1.29, 1.82) is 5.26 Å². The molecule has 1 aliphatic rings. The van der Waals surface area contributed by atoms with Crippen molar-refractivity contribution >= 4 is 27.0 Å². The first-order valence-electron chi connectivity index (χ1n) is 8.31. The van der Waals surface area contributed by atoms with Crippen LogP contribution in [0.25, 0.3) is 11.0 Å². The zero-order chi connectivity index (χ0) is 19.8. The SMILES string of the molecule is COc1cc(C2C(C#N)=C(N)Oc3c2ccc2nccnc32)cc(Br)c1OC. The summed E-state index contributed by atoms with van der Waals surface area (Å²) < 4.78 is 17.4. The van der Waals surface area contributed by atoms with E-state index in [1.54, 1.807) is 26.6 Å². The van der Waals surface area contributed by atoms with Crippen LogP contribution in [0, 0.1) is 11.3 Å². The monoisotopic (exact) mass is 438 g/mol. The molecule has 8 heteroatoms. The van der Waals surface area contributed by atoms with Crippen LogP contribution >= 0.6 is 15.9 Å². The fourth-order valence-electron chi connectivity index (χ4n) is 3.39. The van der Waals surface area contributed by atoms with Gasteiger partial charge in [0.1, 0.15) is 17.2 Å². The molecule has 0 saturated carbocycles. The second kappa shape index (κ2) is 7.02. The molecule has 1 unspecified atom stereocenters. The van der Waals surface area contributed by atoms with Crippen LogP contribution in [0.2, 0.25) is 0 Å². The summed E-state index contributed by atoms with van der Waals surface area (Å²) in [5.41, 5.74) is 9.27. The molecule has 3 aromatic rings. The average Bonchev–Trinajstić information content (AvgIpc) is 2.72. The Bertz CT molecular complexity index is 1170. The van der Waals surface area contributed by atoms with Gasteiger partial charge in [0.15, 0.2) is 17.2 Å². The topological polar surface area (TPSA) is 103 Å². The van der Waals surface area contributed by atoms with Gasteiger partial charge in [0.25, 0.3) is 0 Å². The molecule has 2 aromatic carbocycles. The first-order valence-corrected chi connectivity index (χ1v) is 9.11. The minimum atomic E-state index is -0.448. The molecular weight excluding hydrogens is 424 g/mol. The first kappa shape index (κ1) is 18.1. The van der Waals surface area contributed by atoms with Crippen LogP contribution in [0.4, 0.5) is 0 Å². The van der Waals surface area contributed by atoms with Crippen molar-refractivity contribution < 1.29 is 14.2 Å². The van der Waals surface area contributed by atoms with Crippen LogP contribution in [0.1, 0.15) is 17.0 Å². The zero-order valence-corrected chi connectivity index (χ0v) is 16.6. The van der Waals surface area contributed by atoms with Gasteiger partial charge in [-0.25, -0.2) is 4.98 Å². The standard InChI is InChI=1S/C20H15BrN4O3/c1-26-15-8-10(7-13(21)19(15)27-2)16-11-3-4-14-17(25-6-5-24-14)18(11)28-20(23)12(16)9-22/h3-8,16H,23H2,1-2H3. The number of rotatable bonds is 3. The lowest BCUT2D eigenvalue weighted by molar-refractivity contribution is 0.352. The predicted molar refractivity (Wildman–Crippen MR) is 106 cm³/mol. The molecule has 1 aromatic heterocycles. The molecule has 0 spiro atoms. The van der Waals surface area contributed by atoms with Gasteiger partial charge in [-0.1, -0.05) is 6.07 Å². The smallest absolute Gasteiger partial charge is 0.205 e. The Morgan fingerprint density at radius 1 is 1.18 bits per heavy atom. The second-order valence-electron chi connectivity index (χ2n) is 6.07. The summed E-state index contributed by atoms with van der Waals surface area (Å²) in [6.45, 7) is 0. The minimum absolute atomic E-state index is 0.0454. The maximum Gasteiger partial charge on any atom is 0.205 e. The molecule has 28 heavy (non-hydrogen) atoms. The van der Waals surface area contributed by atoms with Crippen LogP contribution < -0.4 is 19.9 Å². The van der Waals surface area contributed by atoms with Gasteiger partial charge in [-0.2, -0.15) is 5.26 Å². The molecular formula is C20H15BrN4O3. The Labute approximate surface area is 169 Å². The highest BCUT2D eigenvalue weighted by atomic mass is 79.9. The molecule has 0 saturated heterocycles. The summed E-state index contributed by atoms with van der Waals surface area (Å²) in [6.07, 6.45) is 3.20. The number of nitrogens with zero attached hydrogens (tertiary/aromatic N) is 3. The molecule has 2 heterocycles. The van der Waals surface area contributed by atoms with E-state index >= 15 is 0 Å². The van der Waals surface area contributed by atoms with Crippen LogP contribution in [0.5, 0.6) is 17.2 Å². The molecule has 0 amide bonds. The van der Waals surface area contributed by atoms with E-state index in [1.807, 2.05) is 24.3 Å².